The second-order valence-electron chi connectivity index (χ2n) is 8.46. The molecule has 33 heavy (non-hydrogen) atoms. The van der Waals surface area contributed by atoms with E-state index in [1.165, 1.54) is 43.8 Å². The second-order valence-corrected chi connectivity index (χ2v) is 8.46. The number of fused-ring (bicyclic) bond motifs is 2. The van der Waals surface area contributed by atoms with E-state index in [0.717, 1.165) is 16.7 Å². The molecule has 0 radical (unpaired) electrons. The van der Waals surface area contributed by atoms with Gasteiger partial charge in [-0.2, -0.15) is 0 Å². The van der Waals surface area contributed by atoms with Crippen molar-refractivity contribution in [1.29, 1.82) is 0 Å². The maximum absolute atomic E-state index is 4.26. The molecule has 0 unspecified atom stereocenters. The van der Waals surface area contributed by atoms with Crippen LogP contribution in [-0.4, -0.2) is 20.6 Å². The van der Waals surface area contributed by atoms with Crippen LogP contribution >= 0.6 is 0 Å². The highest BCUT2D eigenvalue weighted by atomic mass is 15.5. The SMILES string of the molecule is Cc1ccc(-c2ccc(-c3ccc(C)c4ccccc34)c(-c3nnn[nH]3)c2)c2ccccc12. The van der Waals surface area contributed by atoms with Crippen LogP contribution in [-0.2, 0) is 0 Å². The van der Waals surface area contributed by atoms with Crippen molar-refractivity contribution in [2.45, 2.75) is 13.8 Å². The van der Waals surface area contributed by atoms with E-state index < -0.39 is 0 Å². The summed E-state index contributed by atoms with van der Waals surface area (Å²) < 4.78 is 0. The third-order valence-electron chi connectivity index (χ3n) is 6.51. The Bertz CT molecular complexity index is 1630. The normalized spacial score (nSPS) is 11.3. The van der Waals surface area contributed by atoms with Crippen molar-refractivity contribution in [3.63, 3.8) is 0 Å². The number of hydrogen-bond acceptors (Lipinski definition) is 3. The van der Waals surface area contributed by atoms with Crippen LogP contribution in [0.1, 0.15) is 11.1 Å². The number of nitrogens with zero attached hydrogens (tertiary/aromatic N) is 3. The van der Waals surface area contributed by atoms with Crippen LogP contribution < -0.4 is 0 Å². The van der Waals surface area contributed by atoms with E-state index in [0.29, 0.717) is 5.82 Å². The van der Waals surface area contributed by atoms with Gasteiger partial charge in [-0.3, -0.25) is 0 Å². The number of benzene rings is 5. The Morgan fingerprint density at radius 1 is 0.545 bits per heavy atom. The molecule has 0 amide bonds. The van der Waals surface area contributed by atoms with Crippen LogP contribution in [0.3, 0.4) is 0 Å². The van der Waals surface area contributed by atoms with Gasteiger partial charge in [-0.1, -0.05) is 84.9 Å². The number of rotatable bonds is 3. The molecule has 0 aliphatic heterocycles. The summed E-state index contributed by atoms with van der Waals surface area (Å²) in [5, 5.41) is 19.9. The van der Waals surface area contributed by atoms with Gasteiger partial charge in [0.1, 0.15) is 0 Å². The Morgan fingerprint density at radius 2 is 1.12 bits per heavy atom. The number of tetrazole rings is 1. The molecule has 5 aromatic carbocycles. The summed E-state index contributed by atoms with van der Waals surface area (Å²) in [5.74, 6) is 0.660. The first-order valence-corrected chi connectivity index (χ1v) is 11.1. The zero-order chi connectivity index (χ0) is 22.4. The van der Waals surface area contributed by atoms with Gasteiger partial charge in [0.05, 0.1) is 0 Å². The highest BCUT2D eigenvalue weighted by molar-refractivity contribution is 6.03. The van der Waals surface area contributed by atoms with Crippen molar-refractivity contribution in [1.82, 2.24) is 20.6 Å². The Morgan fingerprint density at radius 3 is 1.76 bits per heavy atom. The summed E-state index contributed by atoms with van der Waals surface area (Å²) in [6.45, 7) is 4.31. The van der Waals surface area contributed by atoms with Crippen LogP contribution in [0, 0.1) is 13.8 Å². The van der Waals surface area contributed by atoms with Gasteiger partial charge in [0.25, 0.3) is 0 Å². The van der Waals surface area contributed by atoms with Crippen molar-refractivity contribution >= 4 is 21.5 Å². The molecule has 4 nitrogen and oxygen atoms in total. The summed E-state index contributed by atoms with van der Waals surface area (Å²) in [6, 6.07) is 32.5. The van der Waals surface area contributed by atoms with E-state index in [9.17, 15) is 0 Å². The number of aryl methyl sites for hydroxylation is 2. The van der Waals surface area contributed by atoms with E-state index in [2.05, 4.69) is 125 Å². The minimum atomic E-state index is 0.660. The fourth-order valence-electron chi connectivity index (χ4n) is 4.80. The molecule has 6 rings (SSSR count). The Balaban J connectivity index is 1.63. The first kappa shape index (κ1) is 19.4. The van der Waals surface area contributed by atoms with Gasteiger partial charge in [-0.15, -0.1) is 5.10 Å². The third-order valence-corrected chi connectivity index (χ3v) is 6.51. The predicted molar refractivity (Wildman–Crippen MR) is 135 cm³/mol. The van der Waals surface area contributed by atoms with E-state index >= 15 is 0 Å². The van der Waals surface area contributed by atoms with Gasteiger partial charge >= 0.3 is 0 Å². The number of hydrogen-bond donors (Lipinski definition) is 1. The molecule has 0 saturated heterocycles. The maximum Gasteiger partial charge on any atom is 0.180 e. The van der Waals surface area contributed by atoms with Gasteiger partial charge < -0.3 is 0 Å². The van der Waals surface area contributed by atoms with E-state index in [4.69, 9.17) is 0 Å². The first-order chi connectivity index (χ1) is 16.2. The molecule has 0 saturated carbocycles. The van der Waals surface area contributed by atoms with Gasteiger partial charge in [0, 0.05) is 5.56 Å². The third kappa shape index (κ3) is 3.19. The molecule has 158 valence electrons. The molecule has 6 aromatic rings. The number of aromatic nitrogens is 4. The number of nitrogens with one attached hydrogen (secondary N) is 1. The van der Waals surface area contributed by atoms with Crippen LogP contribution in [0.15, 0.2) is 91.0 Å². The lowest BCUT2D eigenvalue weighted by molar-refractivity contribution is 0.881. The van der Waals surface area contributed by atoms with Gasteiger partial charge in [0.2, 0.25) is 0 Å². The van der Waals surface area contributed by atoms with Crippen LogP contribution in [0.5, 0.6) is 0 Å². The monoisotopic (exact) mass is 426 g/mol. The Kier molecular flexibility index (Phi) is 4.51. The molecule has 0 bridgehead atoms. The van der Waals surface area contributed by atoms with E-state index in [-0.39, 0.29) is 0 Å². The van der Waals surface area contributed by atoms with Gasteiger partial charge in [-0.25, -0.2) is 5.10 Å². The lowest BCUT2D eigenvalue weighted by Gasteiger charge is -2.15. The lowest BCUT2D eigenvalue weighted by Crippen LogP contribution is -1.92. The molecule has 0 spiro atoms. The molecular formula is C29H22N4. The molecule has 4 heteroatoms. The summed E-state index contributed by atoms with van der Waals surface area (Å²) in [6.07, 6.45) is 0. The minimum absolute atomic E-state index is 0.660. The van der Waals surface area contributed by atoms with Gasteiger partial charge in [-0.05, 0) is 85.3 Å². The quantitative estimate of drug-likeness (QED) is 0.328. The predicted octanol–water partition coefficient (Wildman–Crippen LogP) is 7.12. The summed E-state index contributed by atoms with van der Waals surface area (Å²) in [7, 11) is 0. The standard InChI is InChI=1S/C29H22N4/c1-18-11-14-23(24-9-5-3-7-21(18)24)20-13-16-27(28(17-20)29-30-32-33-31-29)26-15-12-19(2)22-8-4-6-10-25(22)26/h3-17H,1-2H3,(H,30,31,32,33). The summed E-state index contributed by atoms with van der Waals surface area (Å²) in [5.41, 5.74) is 8.13. The van der Waals surface area contributed by atoms with E-state index in [1.807, 2.05) is 0 Å². The van der Waals surface area contributed by atoms with Crippen LogP contribution in [0.25, 0.3) is 55.2 Å². The van der Waals surface area contributed by atoms with Crippen LogP contribution in [0.4, 0.5) is 0 Å². The van der Waals surface area contributed by atoms with Crippen molar-refractivity contribution in [2.75, 3.05) is 0 Å². The topological polar surface area (TPSA) is 54.5 Å². The molecule has 1 aromatic heterocycles. The number of aromatic amines is 1. The summed E-state index contributed by atoms with van der Waals surface area (Å²) >= 11 is 0. The minimum Gasteiger partial charge on any atom is -0.239 e. The highest BCUT2D eigenvalue weighted by Gasteiger charge is 2.16. The molecule has 0 atom stereocenters. The van der Waals surface area contributed by atoms with E-state index in [1.54, 1.807) is 0 Å². The highest BCUT2D eigenvalue weighted by Crippen LogP contribution is 2.39. The molecule has 0 fully saturated rings. The van der Waals surface area contributed by atoms with Gasteiger partial charge in [0.15, 0.2) is 5.82 Å². The smallest absolute Gasteiger partial charge is 0.180 e. The first-order valence-electron chi connectivity index (χ1n) is 11.1. The zero-order valence-electron chi connectivity index (χ0n) is 18.5. The zero-order valence-corrected chi connectivity index (χ0v) is 18.5. The lowest BCUT2D eigenvalue weighted by atomic mass is 9.89. The fraction of sp³-hybridized carbons (Fsp3) is 0.0690. The molecule has 0 aliphatic carbocycles. The summed E-state index contributed by atoms with van der Waals surface area (Å²) in [4.78, 5) is 0. The molecule has 1 N–H and O–H groups in total. The van der Waals surface area contributed by atoms with Crippen molar-refractivity contribution in [3.8, 4) is 33.6 Å². The Hall–Kier alpha value is -4.31. The Labute approximate surface area is 191 Å². The number of H-pyrrole nitrogens is 1. The van der Waals surface area contributed by atoms with Crippen molar-refractivity contribution < 1.29 is 0 Å². The molecule has 1 heterocycles. The maximum atomic E-state index is 4.26. The van der Waals surface area contributed by atoms with Crippen molar-refractivity contribution in [2.24, 2.45) is 0 Å². The fourth-order valence-corrected chi connectivity index (χ4v) is 4.80. The average molecular weight is 427 g/mol. The molecular weight excluding hydrogens is 404 g/mol. The molecule has 0 aliphatic rings. The van der Waals surface area contributed by atoms with Crippen molar-refractivity contribution in [3.05, 3.63) is 102 Å². The largest absolute Gasteiger partial charge is 0.239 e. The second kappa shape index (κ2) is 7.68. The van der Waals surface area contributed by atoms with Crippen LogP contribution in [0.2, 0.25) is 0 Å². The average Bonchev–Trinajstić information content (AvgIpc) is 3.40.